The fourth-order valence-corrected chi connectivity index (χ4v) is 2.60. The van der Waals surface area contributed by atoms with Gasteiger partial charge in [0.15, 0.2) is 0 Å². The van der Waals surface area contributed by atoms with Crippen LogP contribution >= 0.6 is 23.2 Å². The summed E-state index contributed by atoms with van der Waals surface area (Å²) in [7, 11) is 0. The normalized spacial score (nSPS) is 11.2. The van der Waals surface area contributed by atoms with Crippen LogP contribution in [0.2, 0.25) is 10.0 Å². The van der Waals surface area contributed by atoms with Crippen molar-refractivity contribution in [2.45, 2.75) is 13.8 Å². The third kappa shape index (κ3) is 2.20. The molecular formula is C14H11Cl2N3. The molecule has 3 nitrogen and oxygen atoms in total. The van der Waals surface area contributed by atoms with Crippen LogP contribution in [-0.2, 0) is 0 Å². The first-order valence-corrected chi connectivity index (χ1v) is 6.59. The highest BCUT2D eigenvalue weighted by Crippen LogP contribution is 2.29. The molecule has 0 aliphatic rings. The predicted octanol–water partition coefficient (Wildman–Crippen LogP) is 4.32. The van der Waals surface area contributed by atoms with Crippen molar-refractivity contribution in [1.82, 2.24) is 14.4 Å². The predicted molar refractivity (Wildman–Crippen MR) is 77.9 cm³/mol. The standard InChI is InChI=1S/C14H11Cl2N3/c1-8-5-9(2)19-7-13(18-14(19)17-8)11-4-3-10(15)6-12(11)16/h3-7H,1-2H3. The van der Waals surface area contributed by atoms with Crippen molar-refractivity contribution in [3.05, 3.63) is 51.9 Å². The van der Waals surface area contributed by atoms with Gasteiger partial charge in [0, 0.05) is 28.2 Å². The van der Waals surface area contributed by atoms with Crippen LogP contribution in [0.5, 0.6) is 0 Å². The van der Waals surface area contributed by atoms with Gasteiger partial charge >= 0.3 is 0 Å². The maximum absolute atomic E-state index is 6.21. The first kappa shape index (κ1) is 12.5. The lowest BCUT2D eigenvalue weighted by Crippen LogP contribution is -1.94. The monoisotopic (exact) mass is 291 g/mol. The van der Waals surface area contributed by atoms with E-state index in [0.717, 1.165) is 22.6 Å². The Balaban J connectivity index is 2.23. The molecule has 0 bridgehead atoms. The number of nitrogens with zero attached hydrogens (tertiary/aromatic N) is 3. The highest BCUT2D eigenvalue weighted by molar-refractivity contribution is 6.36. The number of halogens is 2. The van der Waals surface area contributed by atoms with E-state index in [1.54, 1.807) is 12.1 Å². The van der Waals surface area contributed by atoms with Crippen LogP contribution < -0.4 is 0 Å². The molecule has 0 aliphatic carbocycles. The Morgan fingerprint density at radius 2 is 1.84 bits per heavy atom. The molecule has 0 saturated heterocycles. The van der Waals surface area contributed by atoms with Crippen molar-refractivity contribution in [3.8, 4) is 11.3 Å². The van der Waals surface area contributed by atoms with E-state index in [-0.39, 0.29) is 0 Å². The number of fused-ring (bicyclic) bond motifs is 1. The fourth-order valence-electron chi connectivity index (χ4n) is 2.10. The molecule has 96 valence electrons. The molecular weight excluding hydrogens is 281 g/mol. The van der Waals surface area contributed by atoms with Gasteiger partial charge in [-0.15, -0.1) is 0 Å². The second-order valence-corrected chi connectivity index (χ2v) is 5.30. The lowest BCUT2D eigenvalue weighted by Gasteiger charge is -2.00. The average molecular weight is 292 g/mol. The van der Waals surface area contributed by atoms with Gasteiger partial charge in [0.05, 0.1) is 10.7 Å². The summed E-state index contributed by atoms with van der Waals surface area (Å²) in [6.45, 7) is 3.98. The molecule has 0 N–H and O–H groups in total. The van der Waals surface area contributed by atoms with Crippen LogP contribution in [0.15, 0.2) is 30.5 Å². The van der Waals surface area contributed by atoms with Gasteiger partial charge in [-0.05, 0) is 38.1 Å². The minimum absolute atomic E-state index is 0.588. The van der Waals surface area contributed by atoms with Gasteiger partial charge in [-0.2, -0.15) is 0 Å². The molecule has 3 rings (SSSR count). The maximum atomic E-state index is 6.21. The topological polar surface area (TPSA) is 30.2 Å². The molecule has 0 saturated carbocycles. The molecule has 0 aliphatic heterocycles. The van der Waals surface area contributed by atoms with Crippen LogP contribution in [0, 0.1) is 13.8 Å². The van der Waals surface area contributed by atoms with E-state index < -0.39 is 0 Å². The van der Waals surface area contributed by atoms with Crippen molar-refractivity contribution in [2.24, 2.45) is 0 Å². The number of imidazole rings is 1. The third-order valence-corrected chi connectivity index (χ3v) is 3.52. The van der Waals surface area contributed by atoms with E-state index in [0.29, 0.717) is 15.8 Å². The molecule has 2 aromatic heterocycles. The van der Waals surface area contributed by atoms with Crippen molar-refractivity contribution >= 4 is 29.0 Å². The smallest absolute Gasteiger partial charge is 0.234 e. The Bertz CT molecular complexity index is 778. The number of hydrogen-bond donors (Lipinski definition) is 0. The van der Waals surface area contributed by atoms with Gasteiger partial charge < -0.3 is 0 Å². The Morgan fingerprint density at radius 3 is 2.58 bits per heavy atom. The number of aromatic nitrogens is 3. The Morgan fingerprint density at radius 1 is 1.05 bits per heavy atom. The van der Waals surface area contributed by atoms with E-state index in [9.17, 15) is 0 Å². The Kier molecular flexibility index (Phi) is 2.96. The summed E-state index contributed by atoms with van der Waals surface area (Å²) < 4.78 is 1.95. The summed E-state index contributed by atoms with van der Waals surface area (Å²) in [6, 6.07) is 7.41. The lowest BCUT2D eigenvalue weighted by molar-refractivity contribution is 1.01. The summed E-state index contributed by atoms with van der Waals surface area (Å²) in [6.07, 6.45) is 1.94. The summed E-state index contributed by atoms with van der Waals surface area (Å²) in [5.41, 5.74) is 3.69. The third-order valence-electron chi connectivity index (χ3n) is 2.97. The first-order valence-electron chi connectivity index (χ1n) is 5.83. The number of hydrogen-bond acceptors (Lipinski definition) is 2. The molecule has 2 heterocycles. The quantitative estimate of drug-likeness (QED) is 0.668. The van der Waals surface area contributed by atoms with Gasteiger partial charge in [-0.25, -0.2) is 9.97 Å². The number of rotatable bonds is 1. The minimum Gasteiger partial charge on any atom is -0.288 e. The maximum Gasteiger partial charge on any atom is 0.234 e. The van der Waals surface area contributed by atoms with E-state index in [4.69, 9.17) is 23.2 Å². The van der Waals surface area contributed by atoms with E-state index in [2.05, 4.69) is 9.97 Å². The van der Waals surface area contributed by atoms with Gasteiger partial charge in [-0.3, -0.25) is 4.40 Å². The van der Waals surface area contributed by atoms with Crippen LogP contribution in [-0.4, -0.2) is 14.4 Å². The van der Waals surface area contributed by atoms with Crippen molar-refractivity contribution in [1.29, 1.82) is 0 Å². The molecule has 0 atom stereocenters. The largest absolute Gasteiger partial charge is 0.288 e. The highest BCUT2D eigenvalue weighted by atomic mass is 35.5. The molecule has 0 fully saturated rings. The first-order chi connectivity index (χ1) is 9.04. The van der Waals surface area contributed by atoms with Gasteiger partial charge in [-0.1, -0.05) is 23.2 Å². The van der Waals surface area contributed by atoms with E-state index in [1.165, 1.54) is 0 Å². The van der Waals surface area contributed by atoms with Crippen molar-refractivity contribution in [3.63, 3.8) is 0 Å². The minimum atomic E-state index is 0.588. The van der Waals surface area contributed by atoms with Gasteiger partial charge in [0.1, 0.15) is 0 Å². The fraction of sp³-hybridized carbons (Fsp3) is 0.143. The molecule has 0 radical (unpaired) electrons. The molecule has 5 heteroatoms. The number of benzene rings is 1. The van der Waals surface area contributed by atoms with Crippen LogP contribution in [0.3, 0.4) is 0 Å². The summed E-state index contributed by atoms with van der Waals surface area (Å²) in [4.78, 5) is 8.93. The second kappa shape index (κ2) is 4.51. The molecule has 0 unspecified atom stereocenters. The summed E-state index contributed by atoms with van der Waals surface area (Å²) in [5, 5.41) is 1.20. The van der Waals surface area contributed by atoms with Gasteiger partial charge in [0.25, 0.3) is 0 Å². The number of aryl methyl sites for hydroxylation is 2. The lowest BCUT2D eigenvalue weighted by atomic mass is 10.2. The second-order valence-electron chi connectivity index (χ2n) is 4.46. The van der Waals surface area contributed by atoms with Crippen LogP contribution in [0.4, 0.5) is 0 Å². The van der Waals surface area contributed by atoms with Crippen molar-refractivity contribution in [2.75, 3.05) is 0 Å². The zero-order valence-electron chi connectivity index (χ0n) is 10.5. The average Bonchev–Trinajstić information content (AvgIpc) is 2.72. The zero-order valence-corrected chi connectivity index (χ0v) is 12.0. The SMILES string of the molecule is Cc1cc(C)n2cc(-c3ccc(Cl)cc3Cl)nc2n1. The molecule has 3 aromatic rings. The van der Waals surface area contributed by atoms with Gasteiger partial charge in [0.2, 0.25) is 5.78 Å². The Labute approximate surface area is 120 Å². The highest BCUT2D eigenvalue weighted by Gasteiger charge is 2.10. The van der Waals surface area contributed by atoms with Crippen LogP contribution in [0.1, 0.15) is 11.4 Å². The van der Waals surface area contributed by atoms with E-state index in [1.807, 2.05) is 36.6 Å². The summed E-state index contributed by atoms with van der Waals surface area (Å²) >= 11 is 12.1. The zero-order chi connectivity index (χ0) is 13.6. The van der Waals surface area contributed by atoms with E-state index >= 15 is 0 Å². The van der Waals surface area contributed by atoms with Crippen LogP contribution in [0.25, 0.3) is 17.0 Å². The molecule has 0 amide bonds. The summed E-state index contributed by atoms with van der Waals surface area (Å²) in [5.74, 6) is 0.679. The molecule has 19 heavy (non-hydrogen) atoms. The molecule has 0 spiro atoms. The van der Waals surface area contributed by atoms with Crippen molar-refractivity contribution < 1.29 is 0 Å². The Hall–Kier alpha value is -1.58. The molecule has 1 aromatic carbocycles.